The number of hydrogen-bond acceptors (Lipinski definition) is 1. The largest absolute Gasteiger partial charge is 0.325 e. The predicted octanol–water partition coefficient (Wildman–Crippen LogP) is 3.33. The molecule has 2 saturated carbocycles. The minimum Gasteiger partial charge on any atom is -0.325 e. The molecule has 0 radical (unpaired) electrons. The summed E-state index contributed by atoms with van der Waals surface area (Å²) < 4.78 is 0. The van der Waals surface area contributed by atoms with E-state index < -0.39 is 0 Å². The molecular weight excluding hydrogens is 170 g/mol. The zero-order valence-electron chi connectivity index (χ0n) is 9.76. The van der Waals surface area contributed by atoms with Gasteiger partial charge in [0.25, 0.3) is 0 Å². The molecule has 0 atom stereocenters. The summed E-state index contributed by atoms with van der Waals surface area (Å²) in [5.74, 6) is 2.85. The second-order valence-electron chi connectivity index (χ2n) is 6.09. The molecule has 2 N–H and O–H groups in total. The summed E-state index contributed by atoms with van der Waals surface area (Å²) in [6.07, 6.45) is 9.70. The molecular formula is C13H25N. The van der Waals surface area contributed by atoms with Crippen molar-refractivity contribution in [2.24, 2.45) is 23.5 Å². The molecule has 0 heterocycles. The Labute approximate surface area is 88.4 Å². The molecule has 0 saturated heterocycles. The maximum absolute atomic E-state index is 6.17. The van der Waals surface area contributed by atoms with Crippen LogP contribution in [0.25, 0.3) is 0 Å². The first-order valence-corrected chi connectivity index (χ1v) is 6.38. The van der Waals surface area contributed by atoms with Crippen LogP contribution in [0.3, 0.4) is 0 Å². The first-order chi connectivity index (χ1) is 6.59. The zero-order valence-corrected chi connectivity index (χ0v) is 9.76. The molecule has 0 aromatic rings. The van der Waals surface area contributed by atoms with Gasteiger partial charge in [-0.15, -0.1) is 0 Å². The van der Waals surface area contributed by atoms with Crippen molar-refractivity contribution in [2.45, 2.75) is 64.3 Å². The summed E-state index contributed by atoms with van der Waals surface area (Å²) in [7, 11) is 0. The highest BCUT2D eigenvalue weighted by molar-refractivity contribution is 5.00. The molecule has 0 aliphatic heterocycles. The van der Waals surface area contributed by atoms with Gasteiger partial charge in [-0.05, 0) is 49.9 Å². The zero-order chi connectivity index (χ0) is 10.2. The van der Waals surface area contributed by atoms with Crippen LogP contribution >= 0.6 is 0 Å². The fourth-order valence-corrected chi connectivity index (χ4v) is 3.00. The smallest absolute Gasteiger partial charge is 0.0158 e. The lowest BCUT2D eigenvalue weighted by Crippen LogP contribution is -2.28. The van der Waals surface area contributed by atoms with Crippen molar-refractivity contribution >= 4 is 0 Å². The van der Waals surface area contributed by atoms with Crippen LogP contribution < -0.4 is 5.73 Å². The Morgan fingerprint density at radius 1 is 1.14 bits per heavy atom. The van der Waals surface area contributed by atoms with Gasteiger partial charge >= 0.3 is 0 Å². The standard InChI is InChI=1S/C13H25N/c1-10(2)12-5-3-11(4-6-12)9-13(14)7-8-13/h10-12H,3-9,14H2,1-2H3. The van der Waals surface area contributed by atoms with Crippen molar-refractivity contribution in [2.75, 3.05) is 0 Å². The maximum atomic E-state index is 6.17. The van der Waals surface area contributed by atoms with Gasteiger partial charge in [0.15, 0.2) is 0 Å². The fraction of sp³-hybridized carbons (Fsp3) is 1.00. The van der Waals surface area contributed by atoms with Crippen LogP contribution in [0, 0.1) is 17.8 Å². The van der Waals surface area contributed by atoms with Crippen LogP contribution in [0.5, 0.6) is 0 Å². The lowest BCUT2D eigenvalue weighted by molar-refractivity contribution is 0.207. The molecule has 2 aliphatic rings. The van der Waals surface area contributed by atoms with E-state index in [1.165, 1.54) is 44.9 Å². The summed E-state index contributed by atoms with van der Waals surface area (Å²) in [6.45, 7) is 4.74. The topological polar surface area (TPSA) is 26.0 Å². The third-order valence-electron chi connectivity index (χ3n) is 4.42. The number of hydrogen-bond donors (Lipinski definition) is 1. The minimum atomic E-state index is 0.287. The SMILES string of the molecule is CC(C)C1CCC(CC2(N)CC2)CC1. The quantitative estimate of drug-likeness (QED) is 0.734. The van der Waals surface area contributed by atoms with Crippen molar-refractivity contribution < 1.29 is 0 Å². The minimum absolute atomic E-state index is 0.287. The molecule has 2 rings (SSSR count). The monoisotopic (exact) mass is 195 g/mol. The molecule has 1 nitrogen and oxygen atoms in total. The lowest BCUT2D eigenvalue weighted by atomic mass is 9.75. The Morgan fingerprint density at radius 3 is 2.14 bits per heavy atom. The lowest BCUT2D eigenvalue weighted by Gasteiger charge is -2.32. The van der Waals surface area contributed by atoms with Gasteiger partial charge in [-0.1, -0.05) is 26.7 Å². The molecule has 14 heavy (non-hydrogen) atoms. The first kappa shape index (κ1) is 10.5. The van der Waals surface area contributed by atoms with Crippen molar-refractivity contribution in [1.29, 1.82) is 0 Å². The van der Waals surface area contributed by atoms with Gasteiger partial charge in [0.1, 0.15) is 0 Å². The highest BCUT2D eigenvalue weighted by Gasteiger charge is 2.40. The number of nitrogens with two attached hydrogens (primary N) is 1. The molecule has 2 fully saturated rings. The van der Waals surface area contributed by atoms with Crippen molar-refractivity contribution in [3.05, 3.63) is 0 Å². The Balaban J connectivity index is 1.73. The normalized spacial score (nSPS) is 36.0. The van der Waals surface area contributed by atoms with Gasteiger partial charge in [0.2, 0.25) is 0 Å². The summed E-state index contributed by atoms with van der Waals surface area (Å²) in [6, 6.07) is 0. The average Bonchev–Trinajstić information content (AvgIpc) is 2.84. The van der Waals surface area contributed by atoms with E-state index in [2.05, 4.69) is 13.8 Å². The molecule has 0 bridgehead atoms. The number of rotatable bonds is 3. The fourth-order valence-electron chi connectivity index (χ4n) is 3.00. The first-order valence-electron chi connectivity index (χ1n) is 6.38. The third kappa shape index (κ3) is 2.50. The second kappa shape index (κ2) is 3.84. The third-order valence-corrected chi connectivity index (χ3v) is 4.42. The Kier molecular flexibility index (Phi) is 2.88. The highest BCUT2D eigenvalue weighted by Crippen LogP contribution is 2.43. The highest BCUT2D eigenvalue weighted by atomic mass is 14.8. The van der Waals surface area contributed by atoms with Gasteiger partial charge in [-0.25, -0.2) is 0 Å². The molecule has 2 aliphatic carbocycles. The van der Waals surface area contributed by atoms with Crippen molar-refractivity contribution in [3.63, 3.8) is 0 Å². The molecule has 1 heteroatoms. The second-order valence-corrected chi connectivity index (χ2v) is 6.09. The Hall–Kier alpha value is -0.0400. The van der Waals surface area contributed by atoms with E-state index in [0.29, 0.717) is 0 Å². The van der Waals surface area contributed by atoms with Crippen LogP contribution in [0.4, 0.5) is 0 Å². The average molecular weight is 195 g/mol. The molecule has 0 unspecified atom stereocenters. The van der Waals surface area contributed by atoms with Gasteiger partial charge in [-0.3, -0.25) is 0 Å². The summed E-state index contributed by atoms with van der Waals surface area (Å²) in [5, 5.41) is 0. The van der Waals surface area contributed by atoms with E-state index in [4.69, 9.17) is 5.73 Å². The summed E-state index contributed by atoms with van der Waals surface area (Å²) in [5.41, 5.74) is 6.46. The predicted molar refractivity (Wildman–Crippen MR) is 61.1 cm³/mol. The Morgan fingerprint density at radius 2 is 1.71 bits per heavy atom. The Bertz CT molecular complexity index is 185. The van der Waals surface area contributed by atoms with Crippen molar-refractivity contribution in [1.82, 2.24) is 0 Å². The molecule has 0 spiro atoms. The maximum Gasteiger partial charge on any atom is 0.0158 e. The van der Waals surface area contributed by atoms with Crippen molar-refractivity contribution in [3.8, 4) is 0 Å². The van der Waals surface area contributed by atoms with Crippen LogP contribution in [0.2, 0.25) is 0 Å². The van der Waals surface area contributed by atoms with E-state index >= 15 is 0 Å². The van der Waals surface area contributed by atoms with E-state index in [1.54, 1.807) is 0 Å². The van der Waals surface area contributed by atoms with E-state index in [-0.39, 0.29) is 5.54 Å². The molecule has 82 valence electrons. The summed E-state index contributed by atoms with van der Waals surface area (Å²) in [4.78, 5) is 0. The van der Waals surface area contributed by atoms with Gasteiger partial charge < -0.3 is 5.73 Å². The van der Waals surface area contributed by atoms with Crippen LogP contribution in [-0.2, 0) is 0 Å². The summed E-state index contributed by atoms with van der Waals surface area (Å²) >= 11 is 0. The van der Waals surface area contributed by atoms with Gasteiger partial charge in [0.05, 0.1) is 0 Å². The van der Waals surface area contributed by atoms with Crippen LogP contribution in [-0.4, -0.2) is 5.54 Å². The molecule has 0 aromatic heterocycles. The molecule has 0 amide bonds. The van der Waals surface area contributed by atoms with E-state index in [0.717, 1.165) is 17.8 Å². The molecule has 0 aromatic carbocycles. The van der Waals surface area contributed by atoms with E-state index in [9.17, 15) is 0 Å². The van der Waals surface area contributed by atoms with Crippen LogP contribution in [0.15, 0.2) is 0 Å². The van der Waals surface area contributed by atoms with Gasteiger partial charge in [0, 0.05) is 5.54 Å². The van der Waals surface area contributed by atoms with E-state index in [1.807, 2.05) is 0 Å². The van der Waals surface area contributed by atoms with Gasteiger partial charge in [-0.2, -0.15) is 0 Å². The van der Waals surface area contributed by atoms with Crippen LogP contribution in [0.1, 0.15) is 58.8 Å².